The molecular formula is C30H54NO4S+. The number of rotatable bonds is 24. The Balaban J connectivity index is 1.48. The number of esters is 1. The van der Waals surface area contributed by atoms with E-state index in [0.717, 1.165) is 52.2 Å². The predicted molar refractivity (Wildman–Crippen MR) is 149 cm³/mol. The number of hydrogen-bond donors (Lipinski definition) is 0. The topological polar surface area (TPSA) is 48.6 Å². The van der Waals surface area contributed by atoms with E-state index in [1.807, 2.05) is 11.3 Å². The largest absolute Gasteiger partial charge is 0.469 e. The van der Waals surface area contributed by atoms with E-state index in [1.54, 1.807) is 0 Å². The first-order valence-electron chi connectivity index (χ1n) is 14.9. The van der Waals surface area contributed by atoms with Gasteiger partial charge in [-0.3, -0.25) is 4.79 Å². The van der Waals surface area contributed by atoms with E-state index in [1.165, 1.54) is 102 Å². The number of aromatic nitrogens is 1. The third-order valence-electron chi connectivity index (χ3n) is 7.42. The number of aryl methyl sites for hydroxylation is 1. The fourth-order valence-electron chi connectivity index (χ4n) is 5.02. The van der Waals surface area contributed by atoms with E-state index in [9.17, 15) is 4.79 Å². The van der Waals surface area contributed by atoms with Gasteiger partial charge in [-0.2, -0.15) is 4.57 Å². The molecule has 0 amide bonds. The van der Waals surface area contributed by atoms with Gasteiger partial charge in [-0.05, 0) is 19.3 Å². The number of nitrogens with zero attached hydrogens (tertiary/aromatic N) is 1. The molecule has 0 aromatic carbocycles. The molecule has 0 bridgehead atoms. The minimum absolute atomic E-state index is 0.0240. The maximum atomic E-state index is 11.3. The molecule has 1 aromatic rings. The number of carbonyl (C=O) groups is 1. The lowest BCUT2D eigenvalue weighted by Crippen LogP contribution is -2.56. The van der Waals surface area contributed by atoms with Crippen LogP contribution < -0.4 is 4.57 Å². The summed E-state index contributed by atoms with van der Waals surface area (Å²) >= 11 is 1.82. The Labute approximate surface area is 225 Å². The van der Waals surface area contributed by atoms with Gasteiger partial charge in [-0.1, -0.05) is 102 Å². The van der Waals surface area contributed by atoms with Gasteiger partial charge in [0.15, 0.2) is 6.20 Å². The van der Waals surface area contributed by atoms with Crippen LogP contribution in [0, 0.1) is 0 Å². The maximum Gasteiger partial charge on any atom is 0.305 e. The molecule has 2 heterocycles. The summed E-state index contributed by atoms with van der Waals surface area (Å²) in [5.41, 5.74) is 0.0240. The van der Waals surface area contributed by atoms with Crippen molar-refractivity contribution in [3.05, 3.63) is 16.6 Å². The molecule has 208 valence electrons. The Kier molecular flexibility index (Phi) is 17.4. The molecule has 0 aliphatic carbocycles. The fourth-order valence-corrected chi connectivity index (χ4v) is 6.07. The molecule has 0 atom stereocenters. The molecule has 6 heteroatoms. The van der Waals surface area contributed by atoms with Gasteiger partial charge in [0.05, 0.1) is 32.3 Å². The highest BCUT2D eigenvalue weighted by Crippen LogP contribution is 2.33. The molecule has 1 aliphatic heterocycles. The average Bonchev–Trinajstić information content (AvgIpc) is 3.33. The van der Waals surface area contributed by atoms with Gasteiger partial charge in [0.1, 0.15) is 12.0 Å². The van der Waals surface area contributed by atoms with Crippen molar-refractivity contribution in [1.82, 2.24) is 0 Å². The zero-order valence-electron chi connectivity index (χ0n) is 23.4. The van der Waals surface area contributed by atoms with Crippen LogP contribution in [0.3, 0.4) is 0 Å². The van der Waals surface area contributed by atoms with Crippen LogP contribution in [0.4, 0.5) is 0 Å². The molecule has 0 saturated carbocycles. The first kappa shape index (κ1) is 31.2. The van der Waals surface area contributed by atoms with Crippen molar-refractivity contribution in [2.75, 3.05) is 33.5 Å². The fraction of sp³-hybridized carbons (Fsp3) is 0.867. The zero-order chi connectivity index (χ0) is 25.7. The van der Waals surface area contributed by atoms with Gasteiger partial charge >= 0.3 is 5.97 Å². The molecule has 0 spiro atoms. The molecule has 0 unspecified atom stereocenters. The highest BCUT2D eigenvalue weighted by molar-refractivity contribution is 7.09. The first-order valence-corrected chi connectivity index (χ1v) is 15.8. The third kappa shape index (κ3) is 12.5. The molecule has 1 aromatic heterocycles. The van der Waals surface area contributed by atoms with Crippen molar-refractivity contribution in [3.63, 3.8) is 0 Å². The summed E-state index contributed by atoms with van der Waals surface area (Å²) in [6.45, 7) is 6.41. The van der Waals surface area contributed by atoms with Crippen LogP contribution in [0.15, 0.2) is 11.6 Å². The number of unbranched alkanes of at least 4 members (excludes halogenated alkanes) is 15. The van der Waals surface area contributed by atoms with Gasteiger partial charge in [-0.15, -0.1) is 0 Å². The summed E-state index contributed by atoms with van der Waals surface area (Å²) < 4.78 is 18.9. The predicted octanol–water partition coefficient (Wildman–Crippen LogP) is 7.53. The Hall–Kier alpha value is -0.980. The molecule has 1 saturated heterocycles. The lowest BCUT2D eigenvalue weighted by Gasteiger charge is -2.37. The van der Waals surface area contributed by atoms with Gasteiger partial charge < -0.3 is 14.2 Å². The number of ether oxygens (including phenoxy) is 3. The van der Waals surface area contributed by atoms with Crippen molar-refractivity contribution in [3.8, 4) is 0 Å². The van der Waals surface area contributed by atoms with Crippen LogP contribution in [0.5, 0.6) is 0 Å². The lowest BCUT2D eigenvalue weighted by atomic mass is 9.87. The second kappa shape index (κ2) is 20.0. The van der Waals surface area contributed by atoms with E-state index < -0.39 is 0 Å². The van der Waals surface area contributed by atoms with Crippen LogP contribution in [0.25, 0.3) is 0 Å². The molecule has 2 rings (SSSR count). The zero-order valence-corrected chi connectivity index (χ0v) is 24.2. The van der Waals surface area contributed by atoms with Crippen molar-refractivity contribution in [2.45, 2.75) is 134 Å². The third-order valence-corrected chi connectivity index (χ3v) is 8.57. The molecule has 5 nitrogen and oxygen atoms in total. The van der Waals surface area contributed by atoms with Gasteiger partial charge in [0, 0.05) is 19.4 Å². The summed E-state index contributed by atoms with van der Waals surface area (Å²) in [4.78, 5) is 11.3. The van der Waals surface area contributed by atoms with Crippen LogP contribution in [0.2, 0.25) is 0 Å². The van der Waals surface area contributed by atoms with Crippen LogP contribution in [-0.4, -0.2) is 39.5 Å². The number of hydrogen-bond acceptors (Lipinski definition) is 5. The molecule has 0 radical (unpaired) electrons. The summed E-state index contributed by atoms with van der Waals surface area (Å²) in [6.07, 6.45) is 25.1. The van der Waals surface area contributed by atoms with Crippen LogP contribution >= 0.6 is 11.3 Å². The summed E-state index contributed by atoms with van der Waals surface area (Å²) in [5.74, 6) is -0.111. The molecule has 1 fully saturated rings. The van der Waals surface area contributed by atoms with Crippen molar-refractivity contribution >= 4 is 17.3 Å². The normalized spacial score (nSPS) is 14.6. The second-order valence-electron chi connectivity index (χ2n) is 10.7. The molecule has 36 heavy (non-hydrogen) atoms. The maximum absolute atomic E-state index is 11.3. The van der Waals surface area contributed by atoms with E-state index >= 15 is 0 Å². The smallest absolute Gasteiger partial charge is 0.305 e. The minimum atomic E-state index is -0.111. The van der Waals surface area contributed by atoms with E-state index in [2.05, 4.69) is 23.1 Å². The number of carbonyl (C=O) groups excluding carboxylic acids is 1. The molecular weight excluding hydrogens is 470 g/mol. The molecule has 1 aliphatic rings. The minimum Gasteiger partial charge on any atom is -0.469 e. The summed E-state index contributed by atoms with van der Waals surface area (Å²) in [5, 5.41) is 3.56. The number of thiazole rings is 1. The van der Waals surface area contributed by atoms with Gasteiger partial charge in [0.2, 0.25) is 0 Å². The van der Waals surface area contributed by atoms with E-state index in [-0.39, 0.29) is 11.4 Å². The monoisotopic (exact) mass is 524 g/mol. The van der Waals surface area contributed by atoms with Crippen molar-refractivity contribution in [1.29, 1.82) is 0 Å². The van der Waals surface area contributed by atoms with Crippen molar-refractivity contribution in [2.24, 2.45) is 0 Å². The molecule has 0 N–H and O–H groups in total. The van der Waals surface area contributed by atoms with Gasteiger partial charge in [0.25, 0.3) is 5.01 Å². The van der Waals surface area contributed by atoms with Crippen molar-refractivity contribution < 1.29 is 23.6 Å². The summed E-state index contributed by atoms with van der Waals surface area (Å²) in [7, 11) is 1.46. The van der Waals surface area contributed by atoms with Crippen LogP contribution in [-0.2, 0) is 31.0 Å². The van der Waals surface area contributed by atoms with Crippen LogP contribution in [0.1, 0.15) is 128 Å². The Morgan fingerprint density at radius 2 is 1.47 bits per heavy atom. The lowest BCUT2D eigenvalue weighted by molar-refractivity contribution is -0.704. The van der Waals surface area contributed by atoms with E-state index in [4.69, 9.17) is 14.2 Å². The second-order valence-corrected chi connectivity index (χ2v) is 11.6. The Morgan fingerprint density at radius 3 is 2.03 bits per heavy atom. The summed E-state index contributed by atoms with van der Waals surface area (Å²) in [6, 6.07) is 0. The Bertz CT molecular complexity index is 674. The van der Waals surface area contributed by atoms with E-state index in [0.29, 0.717) is 6.42 Å². The number of methoxy groups -OCH3 is 1. The average molecular weight is 525 g/mol. The highest BCUT2D eigenvalue weighted by atomic mass is 32.1. The Morgan fingerprint density at radius 1 is 0.889 bits per heavy atom. The van der Waals surface area contributed by atoms with Gasteiger partial charge in [-0.25, -0.2) is 0 Å². The SMILES string of the molecule is CCCCCCCCCCCCCCCCOCC1(c2scc[n+]2CCCCCC(=O)OC)COC1. The highest BCUT2D eigenvalue weighted by Gasteiger charge is 2.48. The quantitative estimate of drug-likeness (QED) is 0.0796. The first-order chi connectivity index (χ1) is 17.7. The standard InChI is InChI=1S/C30H54NO4S/c1-3-4-5-6-7-8-9-10-11-12-13-14-15-19-23-34-25-30(26-35-27-30)29-31(22-24-36-29)21-18-16-17-20-28(32)33-2/h22,24H,3-21,23,25-27H2,1-2H3/q+1.